The molecule has 0 spiro atoms. The lowest BCUT2D eigenvalue weighted by Gasteiger charge is -2.11. The van der Waals surface area contributed by atoms with Gasteiger partial charge >= 0.3 is 5.97 Å². The number of fused-ring (bicyclic) bond motifs is 1. The van der Waals surface area contributed by atoms with Crippen molar-refractivity contribution >= 4 is 49.1 Å². The molecule has 0 aliphatic heterocycles. The standard InChI is InChI=1S/C17H13BrClNO4S/c1-24-17(21)16-14-7-2-11(18)8-10(14)9-15(16)20-25(22,23)13-5-3-12(19)4-6-13/h2-8,20H,9H2,1H3. The van der Waals surface area contributed by atoms with Crippen LogP contribution in [-0.4, -0.2) is 21.5 Å². The first kappa shape index (κ1) is 18.0. The molecule has 25 heavy (non-hydrogen) atoms. The quantitative estimate of drug-likeness (QED) is 0.735. The first-order valence-electron chi connectivity index (χ1n) is 7.20. The highest BCUT2D eigenvalue weighted by Gasteiger charge is 2.30. The lowest BCUT2D eigenvalue weighted by molar-refractivity contribution is -0.133. The third kappa shape index (κ3) is 3.58. The van der Waals surface area contributed by atoms with Gasteiger partial charge in [0, 0.05) is 21.6 Å². The summed E-state index contributed by atoms with van der Waals surface area (Å²) in [5.74, 6) is -0.588. The van der Waals surface area contributed by atoms with Crippen molar-refractivity contribution < 1.29 is 17.9 Å². The number of sulfonamides is 1. The number of hydrogen-bond acceptors (Lipinski definition) is 4. The summed E-state index contributed by atoms with van der Waals surface area (Å²) in [6.45, 7) is 0. The molecule has 2 aromatic carbocycles. The molecule has 130 valence electrons. The van der Waals surface area contributed by atoms with Crippen molar-refractivity contribution in [2.45, 2.75) is 11.3 Å². The molecular weight excluding hydrogens is 430 g/mol. The van der Waals surface area contributed by atoms with E-state index >= 15 is 0 Å². The number of ether oxygens (including phenoxy) is 1. The van der Waals surface area contributed by atoms with Gasteiger partial charge in [0.1, 0.15) is 0 Å². The Labute approximate surface area is 158 Å². The van der Waals surface area contributed by atoms with Crippen LogP contribution in [0.25, 0.3) is 5.57 Å². The van der Waals surface area contributed by atoms with Crippen LogP contribution < -0.4 is 4.72 Å². The molecule has 1 N–H and O–H groups in total. The summed E-state index contributed by atoms with van der Waals surface area (Å²) in [4.78, 5) is 12.3. The van der Waals surface area contributed by atoms with Gasteiger partial charge < -0.3 is 4.74 Å². The molecule has 2 aromatic rings. The molecule has 0 unspecified atom stereocenters. The van der Waals surface area contributed by atoms with Crippen LogP contribution in [0, 0.1) is 0 Å². The van der Waals surface area contributed by atoms with Gasteiger partial charge in [-0.15, -0.1) is 0 Å². The minimum absolute atomic E-state index is 0.0609. The van der Waals surface area contributed by atoms with Crippen LogP contribution >= 0.6 is 27.5 Å². The van der Waals surface area contributed by atoms with Crippen molar-refractivity contribution in [1.29, 1.82) is 0 Å². The molecule has 0 aromatic heterocycles. The number of nitrogens with one attached hydrogen (secondary N) is 1. The fraction of sp³-hybridized carbons (Fsp3) is 0.118. The van der Waals surface area contributed by atoms with Crippen LogP contribution in [0.3, 0.4) is 0 Å². The van der Waals surface area contributed by atoms with Crippen LogP contribution in [0.1, 0.15) is 11.1 Å². The molecule has 5 nitrogen and oxygen atoms in total. The number of allylic oxidation sites excluding steroid dienone is 1. The van der Waals surface area contributed by atoms with Crippen molar-refractivity contribution in [3.63, 3.8) is 0 Å². The lowest BCUT2D eigenvalue weighted by Crippen LogP contribution is -2.25. The monoisotopic (exact) mass is 441 g/mol. The van der Waals surface area contributed by atoms with E-state index in [-0.39, 0.29) is 22.6 Å². The average Bonchev–Trinajstić information content (AvgIpc) is 2.90. The van der Waals surface area contributed by atoms with Gasteiger partial charge in [0.25, 0.3) is 10.0 Å². The molecule has 1 aliphatic carbocycles. The zero-order chi connectivity index (χ0) is 18.2. The summed E-state index contributed by atoms with van der Waals surface area (Å²) >= 11 is 9.18. The van der Waals surface area contributed by atoms with Crippen molar-refractivity contribution in [1.82, 2.24) is 4.72 Å². The van der Waals surface area contributed by atoms with E-state index in [0.29, 0.717) is 10.6 Å². The number of carbonyl (C=O) groups excluding carboxylic acids is 1. The summed E-state index contributed by atoms with van der Waals surface area (Å²) < 4.78 is 33.4. The van der Waals surface area contributed by atoms with Crippen molar-refractivity contribution in [2.24, 2.45) is 0 Å². The minimum Gasteiger partial charge on any atom is -0.465 e. The SMILES string of the molecule is COC(=O)C1=C(NS(=O)(=O)c2ccc(Cl)cc2)Cc2cc(Br)ccc21. The van der Waals surface area contributed by atoms with Gasteiger partial charge in [0.15, 0.2) is 0 Å². The topological polar surface area (TPSA) is 72.5 Å². The second-order valence-corrected chi connectivity index (χ2v) is 8.42. The largest absolute Gasteiger partial charge is 0.465 e. The minimum atomic E-state index is -3.85. The van der Waals surface area contributed by atoms with E-state index in [2.05, 4.69) is 20.7 Å². The van der Waals surface area contributed by atoms with Crippen LogP contribution in [0.2, 0.25) is 5.02 Å². The number of rotatable bonds is 4. The summed E-state index contributed by atoms with van der Waals surface area (Å²) in [5.41, 5.74) is 2.00. The molecule has 1 aliphatic rings. The summed E-state index contributed by atoms with van der Waals surface area (Å²) in [6.07, 6.45) is 0.284. The van der Waals surface area contributed by atoms with E-state index in [4.69, 9.17) is 16.3 Å². The van der Waals surface area contributed by atoms with E-state index in [0.717, 1.165) is 10.0 Å². The zero-order valence-electron chi connectivity index (χ0n) is 13.0. The van der Waals surface area contributed by atoms with Crippen molar-refractivity contribution in [2.75, 3.05) is 7.11 Å². The second kappa shape index (κ2) is 6.82. The molecule has 0 saturated carbocycles. The summed E-state index contributed by atoms with van der Waals surface area (Å²) in [5, 5.41) is 0.437. The second-order valence-electron chi connectivity index (χ2n) is 5.38. The Kier molecular flexibility index (Phi) is 4.90. The van der Waals surface area contributed by atoms with E-state index in [1.807, 2.05) is 6.07 Å². The smallest absolute Gasteiger partial charge is 0.340 e. The Morgan fingerprint density at radius 1 is 1.20 bits per heavy atom. The molecular formula is C17H13BrClNO4S. The summed E-state index contributed by atoms with van der Waals surface area (Å²) in [6, 6.07) is 11.2. The van der Waals surface area contributed by atoms with E-state index in [9.17, 15) is 13.2 Å². The van der Waals surface area contributed by atoms with Gasteiger partial charge in [0.05, 0.1) is 17.6 Å². The highest BCUT2D eigenvalue weighted by Crippen LogP contribution is 2.35. The number of esters is 1. The van der Waals surface area contributed by atoms with Gasteiger partial charge in [-0.1, -0.05) is 33.6 Å². The van der Waals surface area contributed by atoms with Crippen LogP contribution in [-0.2, 0) is 26.0 Å². The molecule has 0 radical (unpaired) electrons. The lowest BCUT2D eigenvalue weighted by atomic mass is 10.1. The Hall–Kier alpha value is -1.83. The van der Waals surface area contributed by atoms with E-state index < -0.39 is 16.0 Å². The maximum absolute atomic E-state index is 12.6. The maximum atomic E-state index is 12.6. The third-order valence-electron chi connectivity index (χ3n) is 3.78. The molecule has 8 heteroatoms. The van der Waals surface area contributed by atoms with Crippen LogP contribution in [0.5, 0.6) is 0 Å². The van der Waals surface area contributed by atoms with Gasteiger partial charge in [0.2, 0.25) is 0 Å². The molecule has 0 heterocycles. The van der Waals surface area contributed by atoms with E-state index in [1.165, 1.54) is 31.4 Å². The zero-order valence-corrected chi connectivity index (χ0v) is 16.2. The number of benzene rings is 2. The van der Waals surface area contributed by atoms with Crippen molar-refractivity contribution in [3.8, 4) is 0 Å². The van der Waals surface area contributed by atoms with Crippen molar-refractivity contribution in [3.05, 3.63) is 68.8 Å². The molecule has 0 saturated heterocycles. The first-order chi connectivity index (χ1) is 11.8. The van der Waals surface area contributed by atoms with Crippen LogP contribution in [0.4, 0.5) is 0 Å². The van der Waals surface area contributed by atoms with E-state index in [1.54, 1.807) is 12.1 Å². The number of halogens is 2. The highest BCUT2D eigenvalue weighted by molar-refractivity contribution is 9.10. The van der Waals surface area contributed by atoms with Gasteiger partial charge in [-0.25, -0.2) is 13.2 Å². The predicted molar refractivity (Wildman–Crippen MR) is 98.6 cm³/mol. The molecule has 0 amide bonds. The predicted octanol–water partition coefficient (Wildman–Crippen LogP) is 3.52. The van der Waals surface area contributed by atoms with Crippen LogP contribution in [0.15, 0.2) is 57.5 Å². The normalized spacial score (nSPS) is 13.6. The molecule has 0 atom stereocenters. The van der Waals surface area contributed by atoms with Gasteiger partial charge in [-0.3, -0.25) is 4.72 Å². The number of methoxy groups -OCH3 is 1. The Morgan fingerprint density at radius 3 is 2.52 bits per heavy atom. The first-order valence-corrected chi connectivity index (χ1v) is 9.86. The Morgan fingerprint density at radius 2 is 1.88 bits per heavy atom. The Bertz CT molecular complexity index is 984. The van der Waals surface area contributed by atoms with Gasteiger partial charge in [-0.2, -0.15) is 0 Å². The fourth-order valence-electron chi connectivity index (χ4n) is 2.65. The summed E-state index contributed by atoms with van der Waals surface area (Å²) in [7, 11) is -2.59. The molecule has 3 rings (SSSR count). The number of carbonyl (C=O) groups is 1. The molecule has 0 bridgehead atoms. The Balaban J connectivity index is 2.02. The molecule has 0 fully saturated rings. The maximum Gasteiger partial charge on any atom is 0.340 e. The third-order valence-corrected chi connectivity index (χ3v) is 5.93. The number of hydrogen-bond donors (Lipinski definition) is 1. The van der Waals surface area contributed by atoms with Gasteiger partial charge in [-0.05, 0) is 47.5 Å². The highest BCUT2D eigenvalue weighted by atomic mass is 79.9. The average molecular weight is 443 g/mol. The fourth-order valence-corrected chi connectivity index (χ4v) is 4.30.